The summed E-state index contributed by atoms with van der Waals surface area (Å²) in [6.07, 6.45) is 1.84. The molecule has 0 aromatic carbocycles. The molecular formula is C9H17N5O2. The molecule has 0 radical (unpaired) electrons. The lowest BCUT2D eigenvalue weighted by Gasteiger charge is -2.26. The van der Waals surface area contributed by atoms with Crippen LogP contribution in [0.25, 0.3) is 0 Å². The van der Waals surface area contributed by atoms with Gasteiger partial charge in [-0.05, 0) is 0 Å². The quantitative estimate of drug-likeness (QED) is 0.645. The van der Waals surface area contributed by atoms with Gasteiger partial charge in [-0.3, -0.25) is 0 Å². The molecule has 0 saturated carbocycles. The lowest BCUT2D eigenvalue weighted by molar-refractivity contribution is 0.0103. The van der Waals surface area contributed by atoms with E-state index in [2.05, 4.69) is 20.7 Å². The van der Waals surface area contributed by atoms with Crippen molar-refractivity contribution in [2.45, 2.75) is 13.1 Å². The van der Waals surface area contributed by atoms with Crippen LogP contribution in [-0.2, 0) is 17.8 Å². The maximum Gasteiger partial charge on any atom is 0.0979 e. The van der Waals surface area contributed by atoms with Crippen LogP contribution in [0, 0.1) is 0 Å². The third-order valence-corrected chi connectivity index (χ3v) is 2.41. The minimum Gasteiger partial charge on any atom is -0.394 e. The van der Waals surface area contributed by atoms with Crippen molar-refractivity contribution in [2.24, 2.45) is 0 Å². The van der Waals surface area contributed by atoms with Crippen LogP contribution in [0.1, 0.15) is 5.69 Å². The Morgan fingerprint density at radius 1 is 1.44 bits per heavy atom. The summed E-state index contributed by atoms with van der Waals surface area (Å²) in [4.78, 5) is 0. The van der Waals surface area contributed by atoms with Gasteiger partial charge in [0.15, 0.2) is 0 Å². The van der Waals surface area contributed by atoms with Crippen LogP contribution < -0.4 is 5.43 Å². The molecule has 0 spiro atoms. The van der Waals surface area contributed by atoms with Gasteiger partial charge in [-0.15, -0.1) is 5.10 Å². The highest BCUT2D eigenvalue weighted by atomic mass is 16.5. The van der Waals surface area contributed by atoms with Crippen molar-refractivity contribution >= 4 is 0 Å². The summed E-state index contributed by atoms with van der Waals surface area (Å²) in [6, 6.07) is 0. The Kier molecular flexibility index (Phi) is 4.23. The summed E-state index contributed by atoms with van der Waals surface area (Å²) in [7, 11) is 0. The van der Waals surface area contributed by atoms with E-state index < -0.39 is 0 Å². The Hall–Kier alpha value is -1.02. The molecule has 1 aliphatic rings. The molecule has 1 aromatic heterocycles. The average Bonchev–Trinajstić information content (AvgIpc) is 2.76. The summed E-state index contributed by atoms with van der Waals surface area (Å²) in [6.45, 7) is 4.56. The molecule has 0 unspecified atom stereocenters. The fourth-order valence-electron chi connectivity index (χ4n) is 1.55. The van der Waals surface area contributed by atoms with Crippen molar-refractivity contribution in [3.05, 3.63) is 11.9 Å². The zero-order valence-electron chi connectivity index (χ0n) is 9.17. The highest BCUT2D eigenvalue weighted by Crippen LogP contribution is 1.96. The summed E-state index contributed by atoms with van der Waals surface area (Å²) < 4.78 is 6.88. The highest BCUT2D eigenvalue weighted by molar-refractivity contribution is 4.91. The zero-order chi connectivity index (χ0) is 11.2. The van der Waals surface area contributed by atoms with Crippen molar-refractivity contribution in [3.63, 3.8) is 0 Å². The molecule has 0 amide bonds. The number of aromatic nitrogens is 3. The molecule has 7 heteroatoms. The van der Waals surface area contributed by atoms with Gasteiger partial charge in [0.25, 0.3) is 0 Å². The van der Waals surface area contributed by atoms with Gasteiger partial charge >= 0.3 is 0 Å². The van der Waals surface area contributed by atoms with E-state index in [4.69, 9.17) is 9.84 Å². The second-order valence-corrected chi connectivity index (χ2v) is 3.63. The Balaban J connectivity index is 1.75. The summed E-state index contributed by atoms with van der Waals surface area (Å²) >= 11 is 0. The maximum absolute atomic E-state index is 8.74. The SMILES string of the molecule is OCCn1cc(CNN2CCOCC2)nn1. The third kappa shape index (κ3) is 3.24. The number of nitrogens with one attached hydrogen (secondary N) is 1. The zero-order valence-corrected chi connectivity index (χ0v) is 9.17. The predicted molar refractivity (Wildman–Crippen MR) is 56.3 cm³/mol. The van der Waals surface area contributed by atoms with Crippen molar-refractivity contribution in [3.8, 4) is 0 Å². The molecule has 1 fully saturated rings. The Labute approximate surface area is 94.0 Å². The smallest absolute Gasteiger partial charge is 0.0979 e. The molecule has 90 valence electrons. The van der Waals surface area contributed by atoms with Gasteiger partial charge in [0, 0.05) is 19.3 Å². The van der Waals surface area contributed by atoms with Gasteiger partial charge in [0.05, 0.1) is 38.6 Å². The lowest BCUT2D eigenvalue weighted by Crippen LogP contribution is -2.45. The fourth-order valence-corrected chi connectivity index (χ4v) is 1.55. The van der Waals surface area contributed by atoms with Crippen molar-refractivity contribution in [1.82, 2.24) is 25.4 Å². The number of hydrazine groups is 1. The molecule has 0 bridgehead atoms. The van der Waals surface area contributed by atoms with Crippen molar-refractivity contribution in [1.29, 1.82) is 0 Å². The minimum absolute atomic E-state index is 0.0830. The molecule has 1 aromatic rings. The second kappa shape index (κ2) is 5.90. The Morgan fingerprint density at radius 3 is 3.00 bits per heavy atom. The first-order valence-electron chi connectivity index (χ1n) is 5.44. The predicted octanol–water partition coefficient (Wildman–Crippen LogP) is -1.39. The molecule has 1 aliphatic heterocycles. The van der Waals surface area contributed by atoms with Gasteiger partial charge in [-0.25, -0.2) is 15.1 Å². The molecule has 2 N–H and O–H groups in total. The normalized spacial score (nSPS) is 17.8. The van der Waals surface area contributed by atoms with E-state index >= 15 is 0 Å². The van der Waals surface area contributed by atoms with Crippen LogP contribution in [-0.4, -0.2) is 58.0 Å². The first-order chi connectivity index (χ1) is 7.88. The van der Waals surface area contributed by atoms with Gasteiger partial charge in [-0.1, -0.05) is 5.21 Å². The molecule has 2 rings (SSSR count). The van der Waals surface area contributed by atoms with Gasteiger partial charge < -0.3 is 9.84 Å². The third-order valence-electron chi connectivity index (χ3n) is 2.41. The van der Waals surface area contributed by atoms with E-state index in [0.29, 0.717) is 13.1 Å². The Bertz CT molecular complexity index is 311. The summed E-state index contributed by atoms with van der Waals surface area (Å²) in [5, 5.41) is 18.7. The average molecular weight is 227 g/mol. The number of nitrogens with zero attached hydrogens (tertiary/aromatic N) is 4. The number of hydrogen-bond acceptors (Lipinski definition) is 6. The molecular weight excluding hydrogens is 210 g/mol. The second-order valence-electron chi connectivity index (χ2n) is 3.63. The first kappa shape index (κ1) is 11.5. The number of rotatable bonds is 5. The van der Waals surface area contributed by atoms with Crippen LogP contribution >= 0.6 is 0 Å². The maximum atomic E-state index is 8.74. The first-order valence-corrected chi connectivity index (χ1v) is 5.44. The van der Waals surface area contributed by atoms with Gasteiger partial charge in [-0.2, -0.15) is 0 Å². The van der Waals surface area contributed by atoms with Crippen molar-refractivity contribution < 1.29 is 9.84 Å². The lowest BCUT2D eigenvalue weighted by atomic mass is 10.4. The molecule has 0 aliphatic carbocycles. The molecule has 0 atom stereocenters. The standard InChI is InChI=1S/C9H17N5O2/c15-4-1-14-8-9(11-12-14)7-10-13-2-5-16-6-3-13/h8,10,15H,1-7H2. The molecule has 7 nitrogen and oxygen atoms in total. The van der Waals surface area contributed by atoms with E-state index in [9.17, 15) is 0 Å². The summed E-state index contributed by atoms with van der Waals surface area (Å²) in [5.74, 6) is 0. The van der Waals surface area contributed by atoms with Crippen LogP contribution in [0.2, 0.25) is 0 Å². The van der Waals surface area contributed by atoms with Crippen LogP contribution in [0.3, 0.4) is 0 Å². The van der Waals surface area contributed by atoms with Crippen LogP contribution in [0.5, 0.6) is 0 Å². The number of aliphatic hydroxyl groups excluding tert-OH is 1. The highest BCUT2D eigenvalue weighted by Gasteiger charge is 2.10. The Morgan fingerprint density at radius 2 is 2.25 bits per heavy atom. The number of morpholine rings is 1. The van der Waals surface area contributed by atoms with Gasteiger partial charge in [0.1, 0.15) is 0 Å². The van der Waals surface area contributed by atoms with E-state index in [0.717, 1.165) is 32.0 Å². The van der Waals surface area contributed by atoms with Crippen molar-refractivity contribution in [2.75, 3.05) is 32.9 Å². The topological polar surface area (TPSA) is 75.4 Å². The number of aliphatic hydroxyl groups is 1. The van der Waals surface area contributed by atoms with Crippen LogP contribution in [0.4, 0.5) is 0 Å². The minimum atomic E-state index is 0.0830. The monoisotopic (exact) mass is 227 g/mol. The molecule has 1 saturated heterocycles. The van der Waals surface area contributed by atoms with E-state index in [1.165, 1.54) is 0 Å². The fraction of sp³-hybridized carbons (Fsp3) is 0.778. The van der Waals surface area contributed by atoms with Gasteiger partial charge in [0.2, 0.25) is 0 Å². The number of ether oxygens (including phenoxy) is 1. The summed E-state index contributed by atoms with van der Waals surface area (Å²) in [5.41, 5.74) is 4.14. The largest absolute Gasteiger partial charge is 0.394 e. The molecule has 2 heterocycles. The molecule has 16 heavy (non-hydrogen) atoms. The van der Waals surface area contributed by atoms with E-state index in [-0.39, 0.29) is 6.61 Å². The number of hydrogen-bond donors (Lipinski definition) is 2. The van der Waals surface area contributed by atoms with Crippen LogP contribution in [0.15, 0.2) is 6.20 Å². The van der Waals surface area contributed by atoms with E-state index in [1.54, 1.807) is 4.68 Å². The van der Waals surface area contributed by atoms with E-state index in [1.807, 2.05) is 6.20 Å².